The van der Waals surface area contributed by atoms with E-state index in [-0.39, 0.29) is 5.54 Å². The zero-order valence-electron chi connectivity index (χ0n) is 14.5. The van der Waals surface area contributed by atoms with Crippen molar-refractivity contribution in [2.24, 2.45) is 0 Å². The van der Waals surface area contributed by atoms with Gasteiger partial charge in [0.2, 0.25) is 0 Å². The zero-order chi connectivity index (χ0) is 18.2. The van der Waals surface area contributed by atoms with Crippen LogP contribution in [0.2, 0.25) is 0 Å². The second-order valence-corrected chi connectivity index (χ2v) is 7.22. The van der Waals surface area contributed by atoms with Crippen molar-refractivity contribution in [3.63, 3.8) is 0 Å². The van der Waals surface area contributed by atoms with Gasteiger partial charge in [-0.3, -0.25) is 4.90 Å². The summed E-state index contributed by atoms with van der Waals surface area (Å²) in [7, 11) is 0. The van der Waals surface area contributed by atoms with Crippen molar-refractivity contribution in [2.45, 2.75) is 38.5 Å². The number of halogens is 3. The fourth-order valence-corrected chi connectivity index (χ4v) is 3.44. The van der Waals surface area contributed by atoms with Gasteiger partial charge in [-0.05, 0) is 60.7 Å². The second kappa shape index (κ2) is 6.34. The van der Waals surface area contributed by atoms with Gasteiger partial charge >= 0.3 is 6.18 Å². The number of alkyl halides is 3. The van der Waals surface area contributed by atoms with Gasteiger partial charge in [0.05, 0.1) is 5.56 Å². The maximum absolute atomic E-state index is 12.7. The summed E-state index contributed by atoms with van der Waals surface area (Å²) in [5.74, 6) is 0. The lowest BCUT2D eigenvalue weighted by Crippen LogP contribution is -2.48. The molecule has 3 rings (SSSR count). The van der Waals surface area contributed by atoms with Crippen LogP contribution in [-0.2, 0) is 19.1 Å². The fraction of sp³-hybridized carbons (Fsp3) is 0.333. The summed E-state index contributed by atoms with van der Waals surface area (Å²) in [5, 5.41) is 0. The first-order chi connectivity index (χ1) is 11.7. The predicted octanol–water partition coefficient (Wildman–Crippen LogP) is 5.70. The Morgan fingerprint density at radius 3 is 2.28 bits per heavy atom. The lowest BCUT2D eigenvalue weighted by molar-refractivity contribution is -0.137. The average molecular weight is 345 g/mol. The Hall–Kier alpha value is -2.07. The minimum atomic E-state index is -4.30. The van der Waals surface area contributed by atoms with E-state index >= 15 is 0 Å². The summed E-state index contributed by atoms with van der Waals surface area (Å²) in [6.07, 6.45) is -1.44. The van der Waals surface area contributed by atoms with Crippen molar-refractivity contribution >= 4 is 0 Å². The standard InChI is InChI=1S/C21H22F3N/c1-4-11-25-14-18-12-16(5-6-17(18)13-20(25,2)3)15-7-9-19(10-8-15)21(22,23)24/h4-10,12H,1,11,13-14H2,2-3H3. The number of fused-ring (bicyclic) bond motifs is 1. The van der Waals surface area contributed by atoms with Crippen LogP contribution in [0, 0.1) is 0 Å². The molecule has 0 unspecified atom stereocenters. The van der Waals surface area contributed by atoms with Crippen molar-refractivity contribution < 1.29 is 13.2 Å². The van der Waals surface area contributed by atoms with Crippen LogP contribution < -0.4 is 0 Å². The normalized spacial score (nSPS) is 17.2. The first-order valence-electron chi connectivity index (χ1n) is 8.36. The van der Waals surface area contributed by atoms with E-state index in [1.54, 1.807) is 12.1 Å². The largest absolute Gasteiger partial charge is 0.416 e. The number of hydrogen-bond acceptors (Lipinski definition) is 1. The summed E-state index contributed by atoms with van der Waals surface area (Å²) >= 11 is 0. The third-order valence-electron chi connectivity index (χ3n) is 4.94. The molecule has 0 radical (unpaired) electrons. The molecule has 0 spiro atoms. The van der Waals surface area contributed by atoms with Gasteiger partial charge in [-0.25, -0.2) is 0 Å². The van der Waals surface area contributed by atoms with Crippen LogP contribution in [0.5, 0.6) is 0 Å². The van der Waals surface area contributed by atoms with Gasteiger partial charge in [0.25, 0.3) is 0 Å². The molecule has 2 aromatic carbocycles. The second-order valence-electron chi connectivity index (χ2n) is 7.22. The third kappa shape index (κ3) is 3.64. The molecule has 0 atom stereocenters. The summed E-state index contributed by atoms with van der Waals surface area (Å²) in [4.78, 5) is 2.37. The predicted molar refractivity (Wildman–Crippen MR) is 95.3 cm³/mol. The Balaban J connectivity index is 1.91. The molecule has 4 heteroatoms. The van der Waals surface area contributed by atoms with Crippen molar-refractivity contribution in [1.29, 1.82) is 0 Å². The first kappa shape index (κ1) is 17.7. The molecule has 1 aliphatic rings. The molecule has 0 fully saturated rings. The van der Waals surface area contributed by atoms with Gasteiger partial charge in [0.15, 0.2) is 0 Å². The Morgan fingerprint density at radius 1 is 1.04 bits per heavy atom. The molecule has 1 nitrogen and oxygen atoms in total. The van der Waals surface area contributed by atoms with Gasteiger partial charge in [-0.2, -0.15) is 13.2 Å². The fourth-order valence-electron chi connectivity index (χ4n) is 3.44. The minimum Gasteiger partial charge on any atom is -0.290 e. The molecule has 0 amide bonds. The highest BCUT2D eigenvalue weighted by Crippen LogP contribution is 2.34. The molecule has 0 saturated carbocycles. The summed E-state index contributed by atoms with van der Waals surface area (Å²) in [6.45, 7) is 9.93. The summed E-state index contributed by atoms with van der Waals surface area (Å²) in [6, 6.07) is 11.6. The topological polar surface area (TPSA) is 3.24 Å². The van der Waals surface area contributed by atoms with Gasteiger partial charge in [0.1, 0.15) is 0 Å². The van der Waals surface area contributed by atoms with E-state index in [0.29, 0.717) is 0 Å². The molecule has 25 heavy (non-hydrogen) atoms. The number of hydrogen-bond donors (Lipinski definition) is 0. The monoisotopic (exact) mass is 345 g/mol. The maximum atomic E-state index is 12.7. The van der Waals surface area contributed by atoms with Crippen LogP contribution in [0.3, 0.4) is 0 Å². The quantitative estimate of drug-likeness (QED) is 0.646. The van der Waals surface area contributed by atoms with Crippen LogP contribution in [0.15, 0.2) is 55.1 Å². The van der Waals surface area contributed by atoms with E-state index < -0.39 is 11.7 Å². The number of rotatable bonds is 3. The average Bonchev–Trinajstić information content (AvgIpc) is 2.54. The van der Waals surface area contributed by atoms with Crippen LogP contribution >= 0.6 is 0 Å². The van der Waals surface area contributed by atoms with Crippen molar-refractivity contribution in [3.8, 4) is 11.1 Å². The Bertz CT molecular complexity index is 773. The molecule has 0 N–H and O–H groups in total. The van der Waals surface area contributed by atoms with Gasteiger partial charge in [-0.15, -0.1) is 6.58 Å². The maximum Gasteiger partial charge on any atom is 0.416 e. The van der Waals surface area contributed by atoms with Crippen molar-refractivity contribution in [1.82, 2.24) is 4.90 Å². The van der Waals surface area contributed by atoms with Gasteiger partial charge < -0.3 is 0 Å². The van der Waals surface area contributed by atoms with Crippen LogP contribution in [0.1, 0.15) is 30.5 Å². The molecule has 1 aliphatic heterocycles. The Labute approximate surface area is 146 Å². The molecule has 0 aromatic heterocycles. The van der Waals surface area contributed by atoms with Crippen LogP contribution in [0.25, 0.3) is 11.1 Å². The lowest BCUT2D eigenvalue weighted by Gasteiger charge is -2.43. The highest BCUT2D eigenvalue weighted by molar-refractivity contribution is 5.65. The molecular weight excluding hydrogens is 323 g/mol. The third-order valence-corrected chi connectivity index (χ3v) is 4.94. The molecule has 1 heterocycles. The van der Waals surface area contributed by atoms with E-state index in [0.717, 1.165) is 42.8 Å². The SMILES string of the molecule is C=CCN1Cc2cc(-c3ccc(C(F)(F)F)cc3)ccc2CC1(C)C. The van der Waals surface area contributed by atoms with Gasteiger partial charge in [-0.1, -0.05) is 30.3 Å². The van der Waals surface area contributed by atoms with E-state index in [2.05, 4.69) is 37.5 Å². The minimum absolute atomic E-state index is 0.0665. The zero-order valence-corrected chi connectivity index (χ0v) is 14.5. The first-order valence-corrected chi connectivity index (χ1v) is 8.36. The molecule has 0 bridgehead atoms. The smallest absolute Gasteiger partial charge is 0.290 e. The summed E-state index contributed by atoms with van der Waals surface area (Å²) in [5.41, 5.74) is 3.74. The van der Waals surface area contributed by atoms with Gasteiger partial charge in [0, 0.05) is 18.6 Å². The van der Waals surface area contributed by atoms with E-state index in [1.807, 2.05) is 12.1 Å². The highest BCUT2D eigenvalue weighted by Gasteiger charge is 2.32. The van der Waals surface area contributed by atoms with Crippen molar-refractivity contribution in [3.05, 3.63) is 71.8 Å². The molecular formula is C21H22F3N. The highest BCUT2D eigenvalue weighted by atomic mass is 19.4. The van der Waals surface area contributed by atoms with Crippen LogP contribution in [0.4, 0.5) is 13.2 Å². The number of nitrogens with zero attached hydrogens (tertiary/aromatic N) is 1. The van der Waals surface area contributed by atoms with Crippen molar-refractivity contribution in [2.75, 3.05) is 6.54 Å². The molecule has 0 aliphatic carbocycles. The molecule has 0 saturated heterocycles. The Morgan fingerprint density at radius 2 is 1.68 bits per heavy atom. The van der Waals surface area contributed by atoms with E-state index in [4.69, 9.17) is 0 Å². The van der Waals surface area contributed by atoms with E-state index in [9.17, 15) is 13.2 Å². The Kier molecular flexibility index (Phi) is 4.50. The number of benzene rings is 2. The molecule has 132 valence electrons. The summed E-state index contributed by atoms with van der Waals surface area (Å²) < 4.78 is 38.2. The van der Waals surface area contributed by atoms with E-state index in [1.165, 1.54) is 11.1 Å². The van der Waals surface area contributed by atoms with Crippen LogP contribution in [-0.4, -0.2) is 17.0 Å². The molecule has 2 aromatic rings. The lowest BCUT2D eigenvalue weighted by atomic mass is 9.84.